The standard InChI is InChI=1S/C8H12N2O/c1-4-8(11)7(5-9)6-10(2)3/h6H,4H2,1-3H3/b7-6+. The Labute approximate surface area is 66.9 Å². The predicted octanol–water partition coefficient (Wildman–Crippen LogP) is 0.935. The third-order valence-corrected chi connectivity index (χ3v) is 1.13. The Balaban J connectivity index is 4.43. The Morgan fingerprint density at radius 2 is 2.18 bits per heavy atom. The van der Waals surface area contributed by atoms with Gasteiger partial charge in [0.05, 0.1) is 0 Å². The molecule has 0 saturated heterocycles. The molecule has 0 aliphatic carbocycles. The van der Waals surface area contributed by atoms with Gasteiger partial charge in [-0.2, -0.15) is 5.26 Å². The van der Waals surface area contributed by atoms with E-state index >= 15 is 0 Å². The quantitative estimate of drug-likeness (QED) is 0.446. The lowest BCUT2D eigenvalue weighted by Crippen LogP contribution is -2.07. The molecule has 0 rings (SSSR count). The SMILES string of the molecule is CCC(=O)/C(C#N)=C/N(C)C. The van der Waals surface area contributed by atoms with Crippen molar-refractivity contribution in [2.24, 2.45) is 0 Å². The molecule has 0 N–H and O–H groups in total. The van der Waals surface area contributed by atoms with Crippen molar-refractivity contribution in [1.29, 1.82) is 5.26 Å². The lowest BCUT2D eigenvalue weighted by Gasteiger charge is -2.04. The number of hydrogen-bond acceptors (Lipinski definition) is 3. The summed E-state index contributed by atoms with van der Waals surface area (Å²) in [5.74, 6) is -0.110. The van der Waals surface area contributed by atoms with Crippen molar-refractivity contribution in [3.63, 3.8) is 0 Å². The highest BCUT2D eigenvalue weighted by Gasteiger charge is 2.04. The zero-order valence-electron chi connectivity index (χ0n) is 7.09. The van der Waals surface area contributed by atoms with Crippen molar-refractivity contribution in [2.45, 2.75) is 13.3 Å². The lowest BCUT2D eigenvalue weighted by molar-refractivity contribution is -0.114. The first-order valence-electron chi connectivity index (χ1n) is 3.43. The van der Waals surface area contributed by atoms with E-state index in [-0.39, 0.29) is 11.4 Å². The van der Waals surface area contributed by atoms with Gasteiger partial charge in [0.15, 0.2) is 5.78 Å². The van der Waals surface area contributed by atoms with Crippen molar-refractivity contribution in [3.8, 4) is 6.07 Å². The van der Waals surface area contributed by atoms with E-state index in [9.17, 15) is 4.79 Å². The van der Waals surface area contributed by atoms with E-state index in [2.05, 4.69) is 0 Å². The number of ketones is 1. The summed E-state index contributed by atoms with van der Waals surface area (Å²) in [5.41, 5.74) is 0.220. The first-order valence-corrected chi connectivity index (χ1v) is 3.43. The fourth-order valence-electron chi connectivity index (χ4n) is 0.612. The molecule has 0 unspecified atom stereocenters. The van der Waals surface area contributed by atoms with Gasteiger partial charge in [-0.3, -0.25) is 4.79 Å². The predicted molar refractivity (Wildman–Crippen MR) is 42.7 cm³/mol. The fourth-order valence-corrected chi connectivity index (χ4v) is 0.612. The molecule has 0 fully saturated rings. The Morgan fingerprint density at radius 3 is 2.45 bits per heavy atom. The molecule has 60 valence electrons. The molecular formula is C8H12N2O. The number of carbonyl (C=O) groups is 1. The van der Waals surface area contributed by atoms with Crippen LogP contribution in [0.1, 0.15) is 13.3 Å². The average Bonchev–Trinajstić information content (AvgIpc) is 1.98. The van der Waals surface area contributed by atoms with Crippen LogP contribution in [0, 0.1) is 11.3 Å². The van der Waals surface area contributed by atoms with Crippen molar-refractivity contribution in [2.75, 3.05) is 14.1 Å². The van der Waals surface area contributed by atoms with Crippen molar-refractivity contribution >= 4 is 5.78 Å². The van der Waals surface area contributed by atoms with Crippen LogP contribution >= 0.6 is 0 Å². The number of nitrogens with zero attached hydrogens (tertiary/aromatic N) is 2. The summed E-state index contributed by atoms with van der Waals surface area (Å²) in [6.07, 6.45) is 1.92. The largest absolute Gasteiger partial charge is 0.382 e. The van der Waals surface area contributed by atoms with E-state index < -0.39 is 0 Å². The summed E-state index contributed by atoms with van der Waals surface area (Å²) < 4.78 is 0. The first-order chi connectivity index (χ1) is 5.11. The second-order valence-electron chi connectivity index (χ2n) is 2.39. The maximum atomic E-state index is 11.0. The molecule has 0 bridgehead atoms. The van der Waals surface area contributed by atoms with Gasteiger partial charge in [0.1, 0.15) is 11.6 Å². The number of allylic oxidation sites excluding steroid dienone is 1. The zero-order chi connectivity index (χ0) is 8.85. The molecular weight excluding hydrogens is 140 g/mol. The highest BCUT2D eigenvalue weighted by molar-refractivity contribution is 5.98. The summed E-state index contributed by atoms with van der Waals surface area (Å²) in [4.78, 5) is 12.6. The maximum Gasteiger partial charge on any atom is 0.174 e. The molecule has 0 heterocycles. The van der Waals surface area contributed by atoms with Gasteiger partial charge in [0.25, 0.3) is 0 Å². The van der Waals surface area contributed by atoms with Crippen LogP contribution in [-0.4, -0.2) is 24.8 Å². The van der Waals surface area contributed by atoms with E-state index in [1.807, 2.05) is 6.07 Å². The van der Waals surface area contributed by atoms with Gasteiger partial charge < -0.3 is 4.90 Å². The molecule has 0 saturated carbocycles. The minimum absolute atomic E-state index is 0.110. The van der Waals surface area contributed by atoms with Crippen LogP contribution in [-0.2, 0) is 4.79 Å². The summed E-state index contributed by atoms with van der Waals surface area (Å²) >= 11 is 0. The molecule has 0 radical (unpaired) electrons. The third kappa shape index (κ3) is 3.41. The fraction of sp³-hybridized carbons (Fsp3) is 0.500. The van der Waals surface area contributed by atoms with Crippen LogP contribution in [0.25, 0.3) is 0 Å². The second-order valence-corrected chi connectivity index (χ2v) is 2.39. The second kappa shape index (κ2) is 4.51. The van der Waals surface area contributed by atoms with E-state index in [1.165, 1.54) is 6.20 Å². The van der Waals surface area contributed by atoms with Gasteiger partial charge in [-0.05, 0) is 0 Å². The van der Waals surface area contributed by atoms with E-state index in [0.29, 0.717) is 6.42 Å². The van der Waals surface area contributed by atoms with Gasteiger partial charge in [-0.1, -0.05) is 6.92 Å². The molecule has 0 aromatic heterocycles. The minimum atomic E-state index is -0.110. The molecule has 0 aromatic rings. The van der Waals surface area contributed by atoms with E-state index in [0.717, 1.165) is 0 Å². The number of nitriles is 1. The molecule has 3 nitrogen and oxygen atoms in total. The van der Waals surface area contributed by atoms with Gasteiger partial charge in [-0.25, -0.2) is 0 Å². The zero-order valence-corrected chi connectivity index (χ0v) is 7.09. The van der Waals surface area contributed by atoms with Crippen LogP contribution < -0.4 is 0 Å². The molecule has 0 aromatic carbocycles. The highest BCUT2D eigenvalue weighted by atomic mass is 16.1. The van der Waals surface area contributed by atoms with Crippen molar-refractivity contribution < 1.29 is 4.79 Å². The summed E-state index contributed by atoms with van der Waals surface area (Å²) in [5, 5.41) is 8.51. The summed E-state index contributed by atoms with van der Waals surface area (Å²) in [6.45, 7) is 1.74. The normalized spacial score (nSPS) is 10.5. The number of hydrogen-bond donors (Lipinski definition) is 0. The van der Waals surface area contributed by atoms with Crippen LogP contribution in [0.15, 0.2) is 11.8 Å². The molecule has 11 heavy (non-hydrogen) atoms. The lowest BCUT2D eigenvalue weighted by atomic mass is 10.1. The van der Waals surface area contributed by atoms with Crippen LogP contribution in [0.5, 0.6) is 0 Å². The molecule has 3 heteroatoms. The average molecular weight is 152 g/mol. The smallest absolute Gasteiger partial charge is 0.174 e. The topological polar surface area (TPSA) is 44.1 Å². The van der Waals surface area contributed by atoms with Gasteiger partial charge in [0.2, 0.25) is 0 Å². The van der Waals surface area contributed by atoms with Gasteiger partial charge in [-0.15, -0.1) is 0 Å². The molecule has 0 spiro atoms. The van der Waals surface area contributed by atoms with Gasteiger partial charge in [0, 0.05) is 26.7 Å². The first kappa shape index (κ1) is 9.70. The van der Waals surface area contributed by atoms with Gasteiger partial charge >= 0.3 is 0 Å². The molecule has 0 amide bonds. The Morgan fingerprint density at radius 1 is 1.64 bits per heavy atom. The Kier molecular flexibility index (Phi) is 3.97. The maximum absolute atomic E-state index is 11.0. The van der Waals surface area contributed by atoms with E-state index in [4.69, 9.17) is 5.26 Å². The van der Waals surface area contributed by atoms with Crippen molar-refractivity contribution in [1.82, 2.24) is 4.90 Å². The monoisotopic (exact) mass is 152 g/mol. The van der Waals surface area contributed by atoms with Crippen LogP contribution in [0.3, 0.4) is 0 Å². The Bertz CT molecular complexity index is 211. The van der Waals surface area contributed by atoms with Crippen molar-refractivity contribution in [3.05, 3.63) is 11.8 Å². The number of Topliss-reactive ketones (excluding diaryl/α,β-unsaturated/α-hetero) is 1. The molecule has 0 aliphatic rings. The minimum Gasteiger partial charge on any atom is -0.382 e. The van der Waals surface area contributed by atoms with Crippen LogP contribution in [0.4, 0.5) is 0 Å². The van der Waals surface area contributed by atoms with E-state index in [1.54, 1.807) is 25.9 Å². The summed E-state index contributed by atoms with van der Waals surface area (Å²) in [7, 11) is 3.56. The highest BCUT2D eigenvalue weighted by Crippen LogP contribution is 1.98. The molecule has 0 atom stereocenters. The number of rotatable bonds is 3. The Hall–Kier alpha value is -1.30. The van der Waals surface area contributed by atoms with Crippen LogP contribution in [0.2, 0.25) is 0 Å². The number of carbonyl (C=O) groups excluding carboxylic acids is 1. The molecule has 0 aliphatic heterocycles. The summed E-state index contributed by atoms with van der Waals surface area (Å²) in [6, 6.07) is 1.85. The third-order valence-electron chi connectivity index (χ3n) is 1.13.